The van der Waals surface area contributed by atoms with Crippen LogP contribution in [0.5, 0.6) is 5.75 Å². The second-order valence-corrected chi connectivity index (χ2v) is 9.09. The number of fused-ring (bicyclic) bond motifs is 1. The number of thiazole rings is 1. The van der Waals surface area contributed by atoms with Crippen molar-refractivity contribution in [2.75, 3.05) is 4.90 Å². The maximum Gasteiger partial charge on any atom is 0.338 e. The van der Waals surface area contributed by atoms with Crippen molar-refractivity contribution >= 4 is 28.9 Å². The lowest BCUT2D eigenvalue weighted by Gasteiger charge is -2.34. The predicted octanol–water partition coefficient (Wildman–Crippen LogP) is 5.39. The Balaban J connectivity index is 1.69. The van der Waals surface area contributed by atoms with Crippen molar-refractivity contribution in [1.82, 2.24) is 4.98 Å². The molecule has 1 aliphatic rings. The number of hydrogen-bond acceptors (Lipinski definition) is 6. The SMILES string of the molecule is CCC1Oc2ccc(-c3csc(C)n3)cc2N(Cc2cccc(C(=O)OC(C)C)c2)C1=O. The van der Waals surface area contributed by atoms with Crippen molar-refractivity contribution in [3.8, 4) is 17.0 Å². The highest BCUT2D eigenvalue weighted by Crippen LogP contribution is 2.39. The first-order chi connectivity index (χ1) is 15.4. The average Bonchev–Trinajstić information content (AvgIpc) is 3.21. The number of esters is 1. The van der Waals surface area contributed by atoms with Crippen LogP contribution in [0.15, 0.2) is 47.8 Å². The zero-order valence-electron chi connectivity index (χ0n) is 18.6. The molecular weight excluding hydrogens is 424 g/mol. The summed E-state index contributed by atoms with van der Waals surface area (Å²) in [7, 11) is 0. The van der Waals surface area contributed by atoms with Crippen molar-refractivity contribution < 1.29 is 19.1 Å². The van der Waals surface area contributed by atoms with E-state index in [2.05, 4.69) is 4.98 Å². The van der Waals surface area contributed by atoms with Crippen LogP contribution in [0.3, 0.4) is 0 Å². The van der Waals surface area contributed by atoms with Crippen LogP contribution in [0.2, 0.25) is 0 Å². The summed E-state index contributed by atoms with van der Waals surface area (Å²) >= 11 is 1.59. The highest BCUT2D eigenvalue weighted by molar-refractivity contribution is 7.09. The van der Waals surface area contributed by atoms with E-state index in [1.807, 2.05) is 63.4 Å². The molecule has 166 valence electrons. The highest BCUT2D eigenvalue weighted by Gasteiger charge is 2.33. The first-order valence-corrected chi connectivity index (χ1v) is 11.6. The van der Waals surface area contributed by atoms with E-state index in [9.17, 15) is 9.59 Å². The Morgan fingerprint density at radius 2 is 2.06 bits per heavy atom. The number of nitrogens with zero attached hydrogens (tertiary/aromatic N) is 2. The number of hydrogen-bond donors (Lipinski definition) is 0. The Kier molecular flexibility index (Phi) is 6.28. The van der Waals surface area contributed by atoms with Gasteiger partial charge in [-0.3, -0.25) is 4.79 Å². The molecule has 0 fully saturated rings. The molecule has 1 amide bonds. The summed E-state index contributed by atoms with van der Waals surface area (Å²) in [5, 5.41) is 2.99. The van der Waals surface area contributed by atoms with Gasteiger partial charge in [0.2, 0.25) is 0 Å². The van der Waals surface area contributed by atoms with Crippen molar-refractivity contribution in [2.45, 2.75) is 52.9 Å². The Morgan fingerprint density at radius 3 is 2.75 bits per heavy atom. The summed E-state index contributed by atoms with van der Waals surface area (Å²) in [6, 6.07) is 13.0. The van der Waals surface area contributed by atoms with Crippen molar-refractivity contribution in [3.63, 3.8) is 0 Å². The number of carbonyl (C=O) groups excluding carboxylic acids is 2. The molecule has 0 radical (unpaired) electrons. The Hall–Kier alpha value is -3.19. The number of amides is 1. The number of benzene rings is 2. The van der Waals surface area contributed by atoms with Crippen LogP contribution >= 0.6 is 11.3 Å². The lowest BCUT2D eigenvalue weighted by atomic mass is 10.0. The van der Waals surface area contributed by atoms with Gasteiger partial charge in [0.05, 0.1) is 34.6 Å². The molecule has 1 aromatic heterocycles. The quantitative estimate of drug-likeness (QED) is 0.471. The van der Waals surface area contributed by atoms with Gasteiger partial charge in [0, 0.05) is 10.9 Å². The molecule has 0 bridgehead atoms. The fraction of sp³-hybridized carbons (Fsp3) is 0.320. The lowest BCUT2D eigenvalue weighted by molar-refractivity contribution is -0.126. The zero-order chi connectivity index (χ0) is 22.8. The van der Waals surface area contributed by atoms with Crippen LogP contribution in [0.25, 0.3) is 11.3 Å². The number of ether oxygens (including phenoxy) is 2. The molecule has 7 heteroatoms. The number of anilines is 1. The summed E-state index contributed by atoms with van der Waals surface area (Å²) in [6.45, 7) is 7.86. The third-order valence-corrected chi connectivity index (χ3v) is 5.97. The summed E-state index contributed by atoms with van der Waals surface area (Å²) < 4.78 is 11.3. The molecule has 32 heavy (non-hydrogen) atoms. The fourth-order valence-electron chi connectivity index (χ4n) is 3.66. The van der Waals surface area contributed by atoms with Crippen molar-refractivity contribution in [1.29, 1.82) is 0 Å². The predicted molar refractivity (Wildman–Crippen MR) is 125 cm³/mol. The van der Waals surface area contributed by atoms with Gasteiger partial charge < -0.3 is 14.4 Å². The molecule has 0 saturated carbocycles. The number of aryl methyl sites for hydroxylation is 1. The summed E-state index contributed by atoms with van der Waals surface area (Å²) in [5.41, 5.74) is 3.82. The van der Waals surface area contributed by atoms with Crippen LogP contribution in [-0.2, 0) is 16.1 Å². The van der Waals surface area contributed by atoms with Crippen LogP contribution in [0.1, 0.15) is 48.1 Å². The molecule has 1 unspecified atom stereocenters. The van der Waals surface area contributed by atoms with E-state index >= 15 is 0 Å². The second-order valence-electron chi connectivity index (χ2n) is 8.03. The number of carbonyl (C=O) groups is 2. The van der Waals surface area contributed by atoms with Gasteiger partial charge in [-0.25, -0.2) is 9.78 Å². The summed E-state index contributed by atoms with van der Waals surface area (Å²) in [6.07, 6.45) is -0.163. The minimum atomic E-state index is -0.538. The minimum Gasteiger partial charge on any atom is -0.478 e. The normalized spacial score (nSPS) is 15.5. The van der Waals surface area contributed by atoms with Gasteiger partial charge in [0.25, 0.3) is 5.91 Å². The van der Waals surface area contributed by atoms with Gasteiger partial charge in [-0.2, -0.15) is 0 Å². The molecule has 6 nitrogen and oxygen atoms in total. The lowest BCUT2D eigenvalue weighted by Crippen LogP contribution is -2.45. The monoisotopic (exact) mass is 450 g/mol. The summed E-state index contributed by atoms with van der Waals surface area (Å²) in [4.78, 5) is 31.9. The first-order valence-electron chi connectivity index (χ1n) is 10.7. The molecule has 1 aliphatic heterocycles. The molecule has 0 aliphatic carbocycles. The van der Waals surface area contributed by atoms with Crippen LogP contribution < -0.4 is 9.64 Å². The third-order valence-electron chi connectivity index (χ3n) is 5.19. The Morgan fingerprint density at radius 1 is 1.25 bits per heavy atom. The molecule has 0 saturated heterocycles. The number of rotatable bonds is 6. The molecule has 3 aromatic rings. The van der Waals surface area contributed by atoms with E-state index in [0.29, 0.717) is 30.0 Å². The topological polar surface area (TPSA) is 68.7 Å². The Bertz CT molecular complexity index is 1150. The van der Waals surface area contributed by atoms with E-state index in [0.717, 1.165) is 21.8 Å². The third kappa shape index (κ3) is 4.53. The van der Waals surface area contributed by atoms with Gasteiger partial charge in [-0.05, 0) is 63.1 Å². The molecule has 0 N–H and O–H groups in total. The van der Waals surface area contributed by atoms with Crippen LogP contribution in [0, 0.1) is 6.92 Å². The van der Waals surface area contributed by atoms with E-state index in [4.69, 9.17) is 9.47 Å². The van der Waals surface area contributed by atoms with E-state index < -0.39 is 6.10 Å². The molecule has 2 aromatic carbocycles. The fourth-order valence-corrected chi connectivity index (χ4v) is 4.28. The average molecular weight is 451 g/mol. The molecule has 1 atom stereocenters. The summed E-state index contributed by atoms with van der Waals surface area (Å²) in [5.74, 6) is 0.201. The Labute approximate surface area is 191 Å². The van der Waals surface area contributed by atoms with Crippen molar-refractivity contribution in [2.24, 2.45) is 0 Å². The maximum atomic E-state index is 13.2. The standard InChI is InChI=1S/C25H26N2O4S/c1-5-22-24(28)27(13-17-7-6-8-19(11-17)25(29)30-15(2)3)21-12-18(9-10-23(21)31-22)20-14-32-16(4)26-20/h6-12,14-15,22H,5,13H2,1-4H3. The number of aromatic nitrogens is 1. The minimum absolute atomic E-state index is 0.0956. The largest absolute Gasteiger partial charge is 0.478 e. The maximum absolute atomic E-state index is 13.2. The van der Waals surface area contributed by atoms with Crippen LogP contribution in [-0.4, -0.2) is 29.1 Å². The van der Waals surface area contributed by atoms with Gasteiger partial charge in [-0.15, -0.1) is 11.3 Å². The van der Waals surface area contributed by atoms with Crippen LogP contribution in [0.4, 0.5) is 5.69 Å². The zero-order valence-corrected chi connectivity index (χ0v) is 19.4. The van der Waals surface area contributed by atoms with Gasteiger partial charge in [-0.1, -0.05) is 19.1 Å². The molecule has 2 heterocycles. The van der Waals surface area contributed by atoms with Crippen molar-refractivity contribution in [3.05, 3.63) is 64.0 Å². The van der Waals surface area contributed by atoms with E-state index in [1.165, 1.54) is 0 Å². The van der Waals surface area contributed by atoms with Gasteiger partial charge >= 0.3 is 5.97 Å². The van der Waals surface area contributed by atoms with E-state index in [-0.39, 0.29) is 18.0 Å². The second kappa shape index (κ2) is 9.12. The van der Waals surface area contributed by atoms with Gasteiger partial charge in [0.1, 0.15) is 5.75 Å². The molecular formula is C25H26N2O4S. The highest BCUT2D eigenvalue weighted by atomic mass is 32.1. The van der Waals surface area contributed by atoms with Gasteiger partial charge in [0.15, 0.2) is 6.10 Å². The first kappa shape index (κ1) is 22.0. The molecule has 0 spiro atoms. The van der Waals surface area contributed by atoms with E-state index in [1.54, 1.807) is 28.4 Å². The smallest absolute Gasteiger partial charge is 0.338 e. The molecule has 4 rings (SSSR count).